The van der Waals surface area contributed by atoms with Crippen LogP contribution >= 0.6 is 0 Å². The lowest BCUT2D eigenvalue weighted by atomic mass is 10.1. The summed E-state index contributed by atoms with van der Waals surface area (Å²) in [5, 5.41) is 2.45. The number of H-pyrrole nitrogens is 1. The van der Waals surface area contributed by atoms with Crippen LogP contribution in [0.4, 0.5) is 14.5 Å². The molecule has 2 aromatic heterocycles. The number of carbonyl (C=O) groups is 1. The van der Waals surface area contributed by atoms with E-state index in [0.717, 1.165) is 12.8 Å². The van der Waals surface area contributed by atoms with Crippen molar-refractivity contribution in [2.75, 3.05) is 25.0 Å². The molecule has 2 fully saturated rings. The number of hydrogen-bond donors (Lipinski definition) is 2. The fraction of sp³-hybridized carbons (Fsp3) is 0.391. The zero-order valence-corrected chi connectivity index (χ0v) is 18.4. The van der Waals surface area contributed by atoms with E-state index >= 15 is 4.39 Å². The van der Waals surface area contributed by atoms with Gasteiger partial charge in [0.05, 0.1) is 11.2 Å². The number of benzene rings is 1. The SMILES string of the molecule is CNC(=O)c1ccc(N2C3CCC2CN(Cc2ccc4nc(C)c(=O)[nH]c4c2F)C3)c(F)n1. The highest BCUT2D eigenvalue weighted by molar-refractivity contribution is 5.92. The molecule has 2 aliphatic rings. The van der Waals surface area contributed by atoms with Crippen LogP contribution in [0.3, 0.4) is 0 Å². The van der Waals surface area contributed by atoms with Crippen molar-refractivity contribution in [2.24, 2.45) is 0 Å². The lowest BCUT2D eigenvalue weighted by molar-refractivity contribution is 0.0957. The number of hydrogen-bond acceptors (Lipinski definition) is 6. The van der Waals surface area contributed by atoms with Gasteiger partial charge in [-0.05, 0) is 38.0 Å². The molecule has 2 N–H and O–H groups in total. The van der Waals surface area contributed by atoms with Crippen LogP contribution in [0.5, 0.6) is 0 Å². The van der Waals surface area contributed by atoms with Crippen molar-refractivity contribution in [3.8, 4) is 0 Å². The van der Waals surface area contributed by atoms with Gasteiger partial charge in [0, 0.05) is 44.3 Å². The Morgan fingerprint density at radius 1 is 1.15 bits per heavy atom. The number of aryl methyl sites for hydroxylation is 1. The minimum atomic E-state index is -0.659. The molecule has 0 aliphatic carbocycles. The number of carbonyl (C=O) groups excluding carboxylic acids is 1. The van der Waals surface area contributed by atoms with Crippen molar-refractivity contribution in [1.29, 1.82) is 0 Å². The number of rotatable bonds is 4. The summed E-state index contributed by atoms with van der Waals surface area (Å²) in [7, 11) is 1.48. The monoisotopic (exact) mass is 454 g/mol. The quantitative estimate of drug-likeness (QED) is 0.587. The number of halogens is 2. The van der Waals surface area contributed by atoms with E-state index in [0.29, 0.717) is 42.1 Å². The van der Waals surface area contributed by atoms with Gasteiger partial charge in [-0.25, -0.2) is 14.4 Å². The Balaban J connectivity index is 1.36. The fourth-order valence-electron chi connectivity index (χ4n) is 5.01. The molecule has 5 rings (SSSR count). The maximum absolute atomic E-state index is 15.1. The van der Waals surface area contributed by atoms with Crippen molar-refractivity contribution in [1.82, 2.24) is 25.2 Å². The predicted octanol–water partition coefficient (Wildman–Crippen LogP) is 2.12. The number of pyridine rings is 1. The first-order valence-electron chi connectivity index (χ1n) is 10.9. The molecule has 33 heavy (non-hydrogen) atoms. The molecular formula is C23H24F2N6O2. The summed E-state index contributed by atoms with van der Waals surface area (Å²) in [6, 6.07) is 6.71. The summed E-state index contributed by atoms with van der Waals surface area (Å²) in [4.78, 5) is 38.4. The summed E-state index contributed by atoms with van der Waals surface area (Å²) >= 11 is 0. The molecule has 2 bridgehead atoms. The number of likely N-dealkylation sites (tertiary alicyclic amines) is 1. The zero-order chi connectivity index (χ0) is 23.3. The van der Waals surface area contributed by atoms with E-state index in [1.165, 1.54) is 13.1 Å². The standard InChI is InChI=1S/C23H24F2N6O2/c1-12-22(32)29-20-16(27-12)6-3-13(19(20)24)9-30-10-14-4-5-15(11-30)31(14)18-8-7-17(23(33)26-2)28-21(18)25/h3,6-8,14-15H,4-5,9-11H2,1-2H3,(H,26,33)(H,29,32). The third kappa shape index (κ3) is 3.74. The predicted molar refractivity (Wildman–Crippen MR) is 119 cm³/mol. The summed E-state index contributed by atoms with van der Waals surface area (Å²) in [5.41, 5.74) is 1.36. The van der Waals surface area contributed by atoms with Crippen LogP contribution in [0.1, 0.15) is 34.6 Å². The van der Waals surface area contributed by atoms with E-state index in [4.69, 9.17) is 0 Å². The van der Waals surface area contributed by atoms with Crippen molar-refractivity contribution in [3.63, 3.8) is 0 Å². The van der Waals surface area contributed by atoms with Gasteiger partial charge in [-0.3, -0.25) is 14.5 Å². The second-order valence-electron chi connectivity index (χ2n) is 8.66. The van der Waals surface area contributed by atoms with Gasteiger partial charge in [0.1, 0.15) is 16.9 Å². The number of aromatic amines is 1. The molecule has 4 heterocycles. The third-order valence-electron chi connectivity index (χ3n) is 6.57. The number of aromatic nitrogens is 3. The Morgan fingerprint density at radius 3 is 2.55 bits per heavy atom. The van der Waals surface area contributed by atoms with Crippen LogP contribution in [0, 0.1) is 18.7 Å². The van der Waals surface area contributed by atoms with E-state index in [9.17, 15) is 14.0 Å². The van der Waals surface area contributed by atoms with Crippen LogP contribution in [0.2, 0.25) is 0 Å². The summed E-state index contributed by atoms with van der Waals surface area (Å²) < 4.78 is 29.9. The Kier molecular flexibility index (Phi) is 5.32. The van der Waals surface area contributed by atoms with Crippen LogP contribution in [-0.4, -0.2) is 58.0 Å². The van der Waals surface area contributed by atoms with Gasteiger partial charge in [0.2, 0.25) is 5.95 Å². The molecule has 2 saturated heterocycles. The van der Waals surface area contributed by atoms with Crippen molar-refractivity contribution in [2.45, 2.75) is 38.4 Å². The summed E-state index contributed by atoms with van der Waals surface area (Å²) in [6.07, 6.45) is 1.79. The fourth-order valence-corrected chi connectivity index (χ4v) is 5.01. The molecule has 1 aromatic carbocycles. The average Bonchev–Trinajstić information content (AvgIpc) is 3.06. The van der Waals surface area contributed by atoms with E-state index in [2.05, 4.69) is 25.2 Å². The number of nitrogens with zero attached hydrogens (tertiary/aromatic N) is 4. The van der Waals surface area contributed by atoms with Crippen molar-refractivity contribution < 1.29 is 13.6 Å². The highest BCUT2D eigenvalue weighted by Gasteiger charge is 2.41. The molecule has 2 atom stereocenters. The van der Waals surface area contributed by atoms with Crippen molar-refractivity contribution in [3.05, 3.63) is 63.3 Å². The number of amides is 1. The molecule has 2 aliphatic heterocycles. The summed E-state index contributed by atoms with van der Waals surface area (Å²) in [5.74, 6) is -1.56. The number of piperazine rings is 1. The number of anilines is 1. The minimum Gasteiger partial charge on any atom is -0.359 e. The van der Waals surface area contributed by atoms with Gasteiger partial charge in [0.15, 0.2) is 5.82 Å². The van der Waals surface area contributed by atoms with Crippen LogP contribution < -0.4 is 15.8 Å². The first-order chi connectivity index (χ1) is 15.9. The highest BCUT2D eigenvalue weighted by atomic mass is 19.1. The van der Waals surface area contributed by atoms with Gasteiger partial charge in [-0.15, -0.1) is 0 Å². The summed E-state index contributed by atoms with van der Waals surface area (Å²) in [6.45, 7) is 3.26. The van der Waals surface area contributed by atoms with E-state index in [1.807, 2.05) is 4.90 Å². The van der Waals surface area contributed by atoms with Gasteiger partial charge >= 0.3 is 0 Å². The smallest absolute Gasteiger partial charge is 0.269 e. The Morgan fingerprint density at radius 2 is 1.88 bits per heavy atom. The lowest BCUT2D eigenvalue weighted by Gasteiger charge is -2.42. The largest absolute Gasteiger partial charge is 0.359 e. The first kappa shape index (κ1) is 21.4. The van der Waals surface area contributed by atoms with E-state index in [1.54, 1.807) is 25.1 Å². The minimum absolute atomic E-state index is 0.0410. The van der Waals surface area contributed by atoms with E-state index in [-0.39, 0.29) is 23.3 Å². The van der Waals surface area contributed by atoms with Crippen molar-refractivity contribution >= 4 is 22.6 Å². The van der Waals surface area contributed by atoms with E-state index < -0.39 is 23.2 Å². The van der Waals surface area contributed by atoms with Crippen LogP contribution in [-0.2, 0) is 6.54 Å². The molecule has 0 spiro atoms. The normalized spacial score (nSPS) is 20.4. The molecular weight excluding hydrogens is 430 g/mol. The highest BCUT2D eigenvalue weighted by Crippen LogP contribution is 2.36. The van der Waals surface area contributed by atoms with Crippen LogP contribution in [0.15, 0.2) is 29.1 Å². The van der Waals surface area contributed by atoms with Gasteiger partial charge in [-0.2, -0.15) is 4.39 Å². The molecule has 10 heteroatoms. The molecule has 3 aromatic rings. The first-order valence-corrected chi connectivity index (χ1v) is 10.9. The lowest BCUT2D eigenvalue weighted by Crippen LogP contribution is -2.53. The zero-order valence-electron chi connectivity index (χ0n) is 18.4. The Bertz CT molecular complexity index is 1300. The molecule has 8 nitrogen and oxygen atoms in total. The van der Waals surface area contributed by atoms with Gasteiger partial charge < -0.3 is 15.2 Å². The van der Waals surface area contributed by atoms with Crippen LogP contribution in [0.25, 0.3) is 11.0 Å². The topological polar surface area (TPSA) is 94.2 Å². The maximum Gasteiger partial charge on any atom is 0.269 e. The van der Waals surface area contributed by atoms with Gasteiger partial charge in [-0.1, -0.05) is 6.07 Å². The second-order valence-corrected chi connectivity index (χ2v) is 8.66. The number of fused-ring (bicyclic) bond motifs is 3. The molecule has 172 valence electrons. The number of nitrogens with one attached hydrogen (secondary N) is 2. The Hall–Kier alpha value is -3.40. The average molecular weight is 454 g/mol. The molecule has 0 saturated carbocycles. The van der Waals surface area contributed by atoms with Gasteiger partial charge in [0.25, 0.3) is 11.5 Å². The maximum atomic E-state index is 15.1. The second kappa shape index (κ2) is 8.18. The molecule has 0 radical (unpaired) electrons. The Labute approximate surface area is 188 Å². The molecule has 1 amide bonds. The third-order valence-corrected chi connectivity index (χ3v) is 6.57. The molecule has 2 unspecified atom stereocenters.